The highest BCUT2D eigenvalue weighted by Gasteiger charge is 2.14. The van der Waals surface area contributed by atoms with E-state index in [1.807, 2.05) is 45.0 Å². The third-order valence-electron chi connectivity index (χ3n) is 4.76. The second-order valence-electron chi connectivity index (χ2n) is 6.98. The molecule has 1 heterocycles. The molecule has 0 unspecified atom stereocenters. The van der Waals surface area contributed by atoms with Crippen LogP contribution in [0.1, 0.15) is 22.3 Å². The molecule has 0 saturated carbocycles. The van der Waals surface area contributed by atoms with Gasteiger partial charge in [0, 0.05) is 22.4 Å². The maximum Gasteiger partial charge on any atom is 0.227 e. The molecule has 0 aliphatic rings. The molecule has 6 heteroatoms. The molecule has 1 N–H and O–H groups in total. The lowest BCUT2D eigenvalue weighted by Crippen LogP contribution is -1.87. The number of rotatable bonds is 3. The highest BCUT2D eigenvalue weighted by atomic mass is 79.9. The first-order chi connectivity index (χ1) is 13.8. The lowest BCUT2D eigenvalue weighted by molar-refractivity contribution is 0.471. The summed E-state index contributed by atoms with van der Waals surface area (Å²) >= 11 is 9.37. The highest BCUT2D eigenvalue weighted by Crippen LogP contribution is 2.34. The van der Waals surface area contributed by atoms with Gasteiger partial charge < -0.3 is 9.52 Å². The fraction of sp³-hybridized carbons (Fsp3) is 0.130. The average Bonchev–Trinajstić information content (AvgIpc) is 3.08. The van der Waals surface area contributed by atoms with Gasteiger partial charge in [-0.15, -0.1) is 0 Å². The van der Waals surface area contributed by atoms with Crippen LogP contribution in [0, 0.1) is 20.8 Å². The van der Waals surface area contributed by atoms with Crippen molar-refractivity contribution in [3.63, 3.8) is 0 Å². The summed E-state index contributed by atoms with van der Waals surface area (Å²) in [5, 5.41) is 10.7. The van der Waals surface area contributed by atoms with Crippen LogP contribution in [0.3, 0.4) is 0 Å². The predicted octanol–water partition coefficient (Wildman–Crippen LogP) is 7.29. The van der Waals surface area contributed by atoms with Gasteiger partial charge in [-0.2, -0.15) is 0 Å². The number of aryl methyl sites for hydroxylation is 2. The van der Waals surface area contributed by atoms with Crippen LogP contribution in [-0.4, -0.2) is 16.3 Å². The zero-order valence-corrected chi connectivity index (χ0v) is 18.5. The van der Waals surface area contributed by atoms with Crippen LogP contribution < -0.4 is 0 Å². The maximum atomic E-state index is 10.2. The Hall–Kier alpha value is -2.63. The van der Waals surface area contributed by atoms with E-state index >= 15 is 0 Å². The first kappa shape index (κ1) is 19.7. The molecule has 0 spiro atoms. The number of fused-ring (bicyclic) bond motifs is 1. The van der Waals surface area contributed by atoms with Gasteiger partial charge in [0.15, 0.2) is 5.58 Å². The van der Waals surface area contributed by atoms with Gasteiger partial charge in [0.2, 0.25) is 5.89 Å². The lowest BCUT2D eigenvalue weighted by Gasteiger charge is -2.06. The van der Waals surface area contributed by atoms with Crippen molar-refractivity contribution in [1.82, 2.24) is 4.98 Å². The summed E-state index contributed by atoms with van der Waals surface area (Å²) in [5.74, 6) is 0.661. The Morgan fingerprint density at radius 2 is 1.93 bits per heavy atom. The average molecular weight is 470 g/mol. The molecule has 0 bridgehead atoms. The summed E-state index contributed by atoms with van der Waals surface area (Å²) in [6.07, 6.45) is 1.59. The number of hydrogen-bond acceptors (Lipinski definition) is 4. The van der Waals surface area contributed by atoms with Crippen molar-refractivity contribution in [3.8, 4) is 17.2 Å². The molecule has 0 fully saturated rings. The molecule has 0 atom stereocenters. The number of aromatic hydroxyl groups is 1. The first-order valence-electron chi connectivity index (χ1n) is 9.03. The van der Waals surface area contributed by atoms with Crippen molar-refractivity contribution in [2.75, 3.05) is 0 Å². The van der Waals surface area contributed by atoms with Crippen molar-refractivity contribution in [3.05, 3.63) is 74.2 Å². The molecule has 4 rings (SSSR count). The van der Waals surface area contributed by atoms with Gasteiger partial charge >= 0.3 is 0 Å². The fourth-order valence-electron chi connectivity index (χ4n) is 3.31. The molecule has 0 radical (unpaired) electrons. The standard InChI is InChI=1S/C23H18BrClN2O2/c1-12-7-13(2)22-20(8-12)27-23(29-22)17-5-4-6-19(14(17)3)26-11-15-9-16(25)10-18(24)21(15)28/h4-11,28H,1-3H3. The summed E-state index contributed by atoms with van der Waals surface area (Å²) < 4.78 is 6.58. The second-order valence-corrected chi connectivity index (χ2v) is 8.27. The normalized spacial score (nSPS) is 11.6. The van der Waals surface area contributed by atoms with Gasteiger partial charge in [0.05, 0.1) is 10.2 Å². The van der Waals surface area contributed by atoms with E-state index in [1.54, 1.807) is 18.3 Å². The number of aromatic nitrogens is 1. The third kappa shape index (κ3) is 3.80. The summed E-state index contributed by atoms with van der Waals surface area (Å²) in [4.78, 5) is 9.24. The van der Waals surface area contributed by atoms with Crippen molar-refractivity contribution in [2.24, 2.45) is 4.99 Å². The minimum absolute atomic E-state index is 0.0942. The summed E-state index contributed by atoms with van der Waals surface area (Å²) in [6, 6.07) is 13.2. The van der Waals surface area contributed by atoms with Crippen molar-refractivity contribution in [2.45, 2.75) is 20.8 Å². The molecular weight excluding hydrogens is 452 g/mol. The number of hydrogen-bond donors (Lipinski definition) is 1. The van der Waals surface area contributed by atoms with Crippen molar-refractivity contribution >= 4 is 50.5 Å². The minimum atomic E-state index is 0.0942. The molecule has 1 aromatic heterocycles. The number of phenols is 1. The lowest BCUT2D eigenvalue weighted by atomic mass is 10.1. The van der Waals surface area contributed by atoms with Gasteiger partial charge in [-0.05, 0) is 83.7 Å². The second kappa shape index (κ2) is 7.65. The smallest absolute Gasteiger partial charge is 0.227 e. The van der Waals surface area contributed by atoms with Gasteiger partial charge in [-0.3, -0.25) is 4.99 Å². The summed E-state index contributed by atoms with van der Waals surface area (Å²) in [7, 11) is 0. The maximum absolute atomic E-state index is 10.2. The third-order valence-corrected chi connectivity index (χ3v) is 5.58. The monoisotopic (exact) mass is 468 g/mol. The molecule has 3 aromatic carbocycles. The fourth-order valence-corrected chi connectivity index (χ4v) is 4.14. The van der Waals surface area contributed by atoms with Crippen molar-refractivity contribution < 1.29 is 9.52 Å². The molecule has 0 saturated heterocycles. The van der Waals surface area contributed by atoms with Gasteiger partial charge in [0.25, 0.3) is 0 Å². The van der Waals surface area contributed by atoms with Crippen LogP contribution in [0.2, 0.25) is 5.02 Å². The Morgan fingerprint density at radius 3 is 2.72 bits per heavy atom. The largest absolute Gasteiger partial charge is 0.506 e. The van der Waals surface area contributed by atoms with E-state index in [-0.39, 0.29) is 5.75 Å². The molecular formula is C23H18BrClN2O2. The quantitative estimate of drug-likeness (QED) is 0.320. The van der Waals surface area contributed by atoms with Crippen LogP contribution in [0.15, 0.2) is 56.3 Å². The summed E-state index contributed by atoms with van der Waals surface area (Å²) in [6.45, 7) is 6.04. The Bertz CT molecular complexity index is 1280. The van der Waals surface area contributed by atoms with Gasteiger partial charge in [-0.1, -0.05) is 23.7 Å². The number of nitrogens with zero attached hydrogens (tertiary/aromatic N) is 2. The van der Waals surface area contributed by atoms with E-state index in [4.69, 9.17) is 16.0 Å². The Balaban J connectivity index is 1.76. The SMILES string of the molecule is Cc1cc(C)c2oc(-c3cccc(N=Cc4cc(Cl)cc(Br)c4O)c3C)nc2c1. The van der Waals surface area contributed by atoms with Gasteiger partial charge in [-0.25, -0.2) is 4.98 Å². The predicted molar refractivity (Wildman–Crippen MR) is 122 cm³/mol. The topological polar surface area (TPSA) is 58.6 Å². The van der Waals surface area contributed by atoms with Gasteiger partial charge in [0.1, 0.15) is 11.3 Å². The molecule has 146 valence electrons. The highest BCUT2D eigenvalue weighted by molar-refractivity contribution is 9.10. The molecule has 0 aliphatic heterocycles. The van der Waals surface area contributed by atoms with Crippen LogP contribution in [0.5, 0.6) is 5.75 Å². The van der Waals surface area contributed by atoms with E-state index in [0.717, 1.165) is 39.0 Å². The zero-order valence-electron chi connectivity index (χ0n) is 16.1. The van der Waals surface area contributed by atoms with E-state index in [2.05, 4.69) is 32.0 Å². The van der Waals surface area contributed by atoms with E-state index in [1.165, 1.54) is 0 Å². The first-order valence-corrected chi connectivity index (χ1v) is 10.2. The number of halogens is 2. The molecule has 4 nitrogen and oxygen atoms in total. The van der Waals surface area contributed by atoms with Crippen LogP contribution >= 0.6 is 27.5 Å². The van der Waals surface area contributed by atoms with Crippen molar-refractivity contribution in [1.29, 1.82) is 0 Å². The molecule has 0 amide bonds. The van der Waals surface area contributed by atoms with E-state index in [9.17, 15) is 5.11 Å². The van der Waals surface area contributed by atoms with E-state index < -0.39 is 0 Å². The van der Waals surface area contributed by atoms with Crippen LogP contribution in [0.25, 0.3) is 22.6 Å². The van der Waals surface area contributed by atoms with Crippen LogP contribution in [0.4, 0.5) is 5.69 Å². The minimum Gasteiger partial charge on any atom is -0.506 e. The Labute approximate surface area is 182 Å². The molecule has 4 aromatic rings. The number of oxazole rings is 1. The summed E-state index contributed by atoms with van der Waals surface area (Å²) in [5.41, 5.74) is 6.96. The number of phenolic OH excluding ortho intramolecular Hbond substituents is 1. The Morgan fingerprint density at radius 1 is 1.14 bits per heavy atom. The number of aliphatic imine (C=N–C) groups is 1. The molecule has 0 aliphatic carbocycles. The Kier molecular flexibility index (Phi) is 5.19. The van der Waals surface area contributed by atoms with Crippen LogP contribution in [-0.2, 0) is 0 Å². The van der Waals surface area contributed by atoms with E-state index in [0.29, 0.717) is 20.9 Å². The molecule has 29 heavy (non-hydrogen) atoms. The zero-order chi connectivity index (χ0) is 20.7. The number of benzene rings is 3.